The number of rotatable bonds is 9. The topological polar surface area (TPSA) is 99.5 Å². The molecule has 0 saturated carbocycles. The predicted molar refractivity (Wildman–Crippen MR) is 87.7 cm³/mol. The molecular weight excluding hydrogens is 342 g/mol. The third-order valence-electron chi connectivity index (χ3n) is 3.49. The number of amides is 1. The number of ether oxygens (including phenoxy) is 1. The molecule has 1 amide bonds. The molecule has 1 rings (SSSR count). The minimum atomic E-state index is -3.06. The first-order valence-electron chi connectivity index (χ1n) is 7.34. The van der Waals surface area contributed by atoms with Crippen molar-refractivity contribution in [2.75, 3.05) is 44.2 Å². The zero-order valence-corrected chi connectivity index (χ0v) is 14.7. The monoisotopic (exact) mass is 363 g/mol. The average Bonchev–Trinajstić information content (AvgIpc) is 2.87. The van der Waals surface area contributed by atoms with E-state index in [2.05, 4.69) is 5.32 Å². The van der Waals surface area contributed by atoms with Crippen LogP contribution >= 0.6 is 11.6 Å². The highest BCUT2D eigenvalue weighted by Crippen LogP contribution is 2.18. The lowest BCUT2D eigenvalue weighted by Crippen LogP contribution is -2.36. The Labute approximate surface area is 142 Å². The molecule has 1 fully saturated rings. The van der Waals surface area contributed by atoms with Crippen LogP contribution in [0.4, 0.5) is 0 Å². The van der Waals surface area contributed by atoms with Gasteiger partial charge in [-0.15, -0.1) is 11.6 Å². The minimum Gasteiger partial charge on any atom is -0.383 e. The summed E-state index contributed by atoms with van der Waals surface area (Å²) in [4.78, 5) is 13.7. The van der Waals surface area contributed by atoms with E-state index in [4.69, 9.17) is 16.3 Å². The molecule has 1 heterocycles. The summed E-state index contributed by atoms with van der Waals surface area (Å²) < 4.78 is 28.3. The van der Waals surface area contributed by atoms with Gasteiger partial charge in [-0.3, -0.25) is 4.79 Å². The van der Waals surface area contributed by atoms with Crippen LogP contribution in [0.25, 0.3) is 0 Å². The van der Waals surface area contributed by atoms with Crippen molar-refractivity contribution >= 4 is 27.3 Å². The fraction of sp³-hybridized carbons (Fsp3) is 0.714. The highest BCUT2D eigenvalue weighted by Gasteiger charge is 2.31. The predicted octanol–water partition coefficient (Wildman–Crippen LogP) is 0.274. The molecule has 0 radical (unpaired) electrons. The standard InChI is InChI=1S/C14H22ClN3O4S/c1-22-7-6-18(13-3-8-23(20,21)11-13)10-12(9-16)14(19)17-5-2-4-15/h10,13H,2-8,11H2,1H3,(H,17,19)/b12-10-. The molecule has 23 heavy (non-hydrogen) atoms. The Morgan fingerprint density at radius 2 is 2.30 bits per heavy atom. The molecule has 0 aromatic rings. The van der Waals surface area contributed by atoms with Gasteiger partial charge in [-0.1, -0.05) is 0 Å². The number of nitriles is 1. The van der Waals surface area contributed by atoms with E-state index in [0.717, 1.165) is 0 Å². The lowest BCUT2D eigenvalue weighted by molar-refractivity contribution is -0.117. The summed E-state index contributed by atoms with van der Waals surface area (Å²) in [6, 6.07) is 1.62. The van der Waals surface area contributed by atoms with Crippen LogP contribution in [0.15, 0.2) is 11.8 Å². The molecular formula is C14H22ClN3O4S. The molecule has 1 saturated heterocycles. The molecule has 130 valence electrons. The van der Waals surface area contributed by atoms with Gasteiger partial charge < -0.3 is 15.0 Å². The summed E-state index contributed by atoms with van der Waals surface area (Å²) in [7, 11) is -1.52. The highest BCUT2D eigenvalue weighted by atomic mass is 35.5. The number of hydrogen-bond donors (Lipinski definition) is 1. The largest absolute Gasteiger partial charge is 0.383 e. The third-order valence-corrected chi connectivity index (χ3v) is 5.50. The van der Waals surface area contributed by atoms with Gasteiger partial charge in [0.2, 0.25) is 0 Å². The van der Waals surface area contributed by atoms with Gasteiger partial charge in [0.1, 0.15) is 11.6 Å². The van der Waals surface area contributed by atoms with Gasteiger partial charge in [0.05, 0.1) is 18.1 Å². The van der Waals surface area contributed by atoms with Gasteiger partial charge in [-0.2, -0.15) is 5.26 Å². The van der Waals surface area contributed by atoms with Crippen molar-refractivity contribution in [3.8, 4) is 6.07 Å². The molecule has 0 bridgehead atoms. The van der Waals surface area contributed by atoms with E-state index in [1.807, 2.05) is 6.07 Å². The second-order valence-corrected chi connectivity index (χ2v) is 7.85. The second-order valence-electron chi connectivity index (χ2n) is 5.24. The lowest BCUT2D eigenvalue weighted by Gasteiger charge is -2.26. The maximum absolute atomic E-state index is 12.0. The number of hydrogen-bond acceptors (Lipinski definition) is 6. The Balaban J connectivity index is 2.83. The first kappa shape index (κ1) is 19.7. The van der Waals surface area contributed by atoms with E-state index in [1.54, 1.807) is 4.90 Å². The number of methoxy groups -OCH3 is 1. The van der Waals surface area contributed by atoms with E-state index < -0.39 is 15.7 Å². The fourth-order valence-corrected chi connectivity index (χ4v) is 4.13. The second kappa shape index (κ2) is 9.75. The van der Waals surface area contributed by atoms with Gasteiger partial charge in [0.15, 0.2) is 9.84 Å². The Bertz CT molecular complexity index is 571. The lowest BCUT2D eigenvalue weighted by atomic mass is 10.2. The number of nitrogens with one attached hydrogen (secondary N) is 1. The maximum atomic E-state index is 12.0. The Morgan fingerprint density at radius 3 is 2.83 bits per heavy atom. The molecule has 0 spiro atoms. The number of halogens is 1. The Kier molecular flexibility index (Phi) is 8.37. The van der Waals surface area contributed by atoms with E-state index in [0.29, 0.717) is 38.4 Å². The highest BCUT2D eigenvalue weighted by molar-refractivity contribution is 7.91. The molecule has 0 aromatic carbocycles. The first-order valence-corrected chi connectivity index (χ1v) is 9.70. The van der Waals surface area contributed by atoms with Crippen LogP contribution in [0.3, 0.4) is 0 Å². The van der Waals surface area contributed by atoms with Gasteiger partial charge in [-0.25, -0.2) is 8.42 Å². The van der Waals surface area contributed by atoms with Crippen molar-refractivity contribution in [3.63, 3.8) is 0 Å². The SMILES string of the molecule is COCCN(/C=C(/C#N)C(=O)NCCCCl)C1CCS(=O)(=O)C1. The van der Waals surface area contributed by atoms with Crippen LogP contribution in [0, 0.1) is 11.3 Å². The van der Waals surface area contributed by atoms with Crippen LogP contribution in [-0.2, 0) is 19.4 Å². The summed E-state index contributed by atoms with van der Waals surface area (Å²) in [5, 5.41) is 11.8. The van der Waals surface area contributed by atoms with Crippen molar-refractivity contribution in [2.24, 2.45) is 0 Å². The van der Waals surface area contributed by atoms with Gasteiger partial charge >= 0.3 is 0 Å². The molecule has 1 atom stereocenters. The molecule has 1 aliphatic rings. The molecule has 9 heteroatoms. The smallest absolute Gasteiger partial charge is 0.263 e. The van der Waals surface area contributed by atoms with Crippen LogP contribution in [-0.4, -0.2) is 69.5 Å². The third kappa shape index (κ3) is 6.77. The van der Waals surface area contributed by atoms with Crippen LogP contribution < -0.4 is 5.32 Å². The van der Waals surface area contributed by atoms with Crippen LogP contribution in [0.2, 0.25) is 0 Å². The molecule has 1 N–H and O–H groups in total. The first-order chi connectivity index (χ1) is 10.9. The van der Waals surface area contributed by atoms with Gasteiger partial charge in [0.25, 0.3) is 5.91 Å². The normalized spacial score (nSPS) is 20.0. The number of alkyl halides is 1. The zero-order valence-electron chi connectivity index (χ0n) is 13.1. The fourth-order valence-electron chi connectivity index (χ4n) is 2.25. The van der Waals surface area contributed by atoms with Crippen molar-refractivity contribution in [3.05, 3.63) is 11.8 Å². The summed E-state index contributed by atoms with van der Waals surface area (Å²) in [6.45, 7) is 1.17. The number of nitrogens with zero attached hydrogens (tertiary/aromatic N) is 2. The number of carbonyl (C=O) groups is 1. The van der Waals surface area contributed by atoms with Gasteiger partial charge in [-0.05, 0) is 12.8 Å². The molecule has 0 aliphatic carbocycles. The van der Waals surface area contributed by atoms with Crippen molar-refractivity contribution in [2.45, 2.75) is 18.9 Å². The minimum absolute atomic E-state index is 0.0276. The summed E-state index contributed by atoms with van der Waals surface area (Å²) in [5.41, 5.74) is -0.0556. The molecule has 0 aromatic heterocycles. The molecule has 1 unspecified atom stereocenters. The number of sulfone groups is 1. The van der Waals surface area contributed by atoms with Crippen molar-refractivity contribution in [1.29, 1.82) is 5.26 Å². The van der Waals surface area contributed by atoms with E-state index >= 15 is 0 Å². The van der Waals surface area contributed by atoms with Crippen molar-refractivity contribution in [1.82, 2.24) is 10.2 Å². The zero-order chi connectivity index (χ0) is 17.3. The van der Waals surface area contributed by atoms with Crippen LogP contribution in [0.5, 0.6) is 0 Å². The van der Waals surface area contributed by atoms with E-state index in [9.17, 15) is 18.5 Å². The number of carbonyl (C=O) groups excluding carboxylic acids is 1. The molecule has 7 nitrogen and oxygen atoms in total. The maximum Gasteiger partial charge on any atom is 0.263 e. The average molecular weight is 364 g/mol. The Hall–Kier alpha value is -1.30. The quantitative estimate of drug-likeness (QED) is 0.273. The summed E-state index contributed by atoms with van der Waals surface area (Å²) >= 11 is 5.54. The van der Waals surface area contributed by atoms with E-state index in [-0.39, 0.29) is 23.1 Å². The van der Waals surface area contributed by atoms with Gasteiger partial charge in [0, 0.05) is 38.3 Å². The molecule has 1 aliphatic heterocycles. The van der Waals surface area contributed by atoms with E-state index in [1.165, 1.54) is 13.3 Å². The van der Waals surface area contributed by atoms with Crippen LogP contribution in [0.1, 0.15) is 12.8 Å². The Morgan fingerprint density at radius 1 is 1.57 bits per heavy atom. The summed E-state index contributed by atoms with van der Waals surface area (Å²) in [5.74, 6) is 0.0885. The van der Waals surface area contributed by atoms with Crippen molar-refractivity contribution < 1.29 is 17.9 Å². The summed E-state index contributed by atoms with van der Waals surface area (Å²) in [6.07, 6.45) is 2.52.